The maximum absolute atomic E-state index is 4.41. The van der Waals surface area contributed by atoms with Crippen molar-refractivity contribution in [2.45, 2.75) is 39.3 Å². The van der Waals surface area contributed by atoms with Crippen LogP contribution in [-0.2, 0) is 6.54 Å². The Morgan fingerprint density at radius 3 is 3.00 bits per heavy atom. The molecule has 0 saturated carbocycles. The maximum atomic E-state index is 4.41. The van der Waals surface area contributed by atoms with Gasteiger partial charge in [0.2, 0.25) is 0 Å². The molecule has 0 amide bonds. The number of likely N-dealkylation sites (N-methyl/N-ethyl adjacent to an activating group) is 1. The summed E-state index contributed by atoms with van der Waals surface area (Å²) in [4.78, 5) is 6.90. The smallest absolute Gasteiger partial charge is 0.0543 e. The van der Waals surface area contributed by atoms with Crippen LogP contribution in [0.15, 0.2) is 24.4 Å². The van der Waals surface area contributed by atoms with Gasteiger partial charge in [0, 0.05) is 25.3 Å². The molecule has 2 atom stereocenters. The lowest BCUT2D eigenvalue weighted by atomic mass is 9.94. The molecule has 3 heteroatoms. The van der Waals surface area contributed by atoms with E-state index in [1.54, 1.807) is 0 Å². The molecule has 1 N–H and O–H groups in total. The van der Waals surface area contributed by atoms with Crippen LogP contribution >= 0.6 is 0 Å². The number of aromatic nitrogens is 1. The van der Waals surface area contributed by atoms with Crippen LogP contribution in [0, 0.1) is 5.92 Å². The van der Waals surface area contributed by atoms with E-state index in [9.17, 15) is 0 Å². The second kappa shape index (κ2) is 6.86. The minimum atomic E-state index is 0.650. The van der Waals surface area contributed by atoms with Crippen molar-refractivity contribution in [1.82, 2.24) is 15.2 Å². The quantitative estimate of drug-likeness (QED) is 0.865. The van der Waals surface area contributed by atoms with Crippen molar-refractivity contribution in [1.29, 1.82) is 0 Å². The third-order valence-electron chi connectivity index (χ3n) is 3.79. The first-order chi connectivity index (χ1) is 8.78. The molecule has 0 spiro atoms. The van der Waals surface area contributed by atoms with Gasteiger partial charge in [-0.3, -0.25) is 9.88 Å². The molecular formula is C15H25N3. The number of hydrogen-bond donors (Lipinski definition) is 1. The minimum Gasteiger partial charge on any atom is -0.313 e. The number of pyridine rings is 1. The highest BCUT2D eigenvalue weighted by molar-refractivity contribution is 5.03. The van der Waals surface area contributed by atoms with Crippen LogP contribution in [0.2, 0.25) is 0 Å². The number of piperidine rings is 1. The van der Waals surface area contributed by atoms with Gasteiger partial charge < -0.3 is 5.32 Å². The molecule has 2 unspecified atom stereocenters. The Labute approximate surface area is 111 Å². The minimum absolute atomic E-state index is 0.650. The summed E-state index contributed by atoms with van der Waals surface area (Å²) in [7, 11) is 0. The van der Waals surface area contributed by atoms with Gasteiger partial charge in [0.05, 0.1) is 5.69 Å². The Morgan fingerprint density at radius 1 is 1.44 bits per heavy atom. The summed E-state index contributed by atoms with van der Waals surface area (Å²) in [5.41, 5.74) is 1.17. The Balaban J connectivity index is 1.85. The lowest BCUT2D eigenvalue weighted by Crippen LogP contribution is -2.45. The van der Waals surface area contributed by atoms with Gasteiger partial charge in [0.1, 0.15) is 0 Å². The average molecular weight is 247 g/mol. The van der Waals surface area contributed by atoms with E-state index in [0.29, 0.717) is 6.04 Å². The van der Waals surface area contributed by atoms with E-state index >= 15 is 0 Å². The fourth-order valence-electron chi connectivity index (χ4n) is 2.70. The van der Waals surface area contributed by atoms with Crippen molar-refractivity contribution in [3.8, 4) is 0 Å². The molecule has 1 aliphatic heterocycles. The summed E-state index contributed by atoms with van der Waals surface area (Å²) in [6, 6.07) is 6.80. The molecule has 0 aliphatic carbocycles. The molecule has 0 aromatic carbocycles. The van der Waals surface area contributed by atoms with Crippen LogP contribution < -0.4 is 5.32 Å². The van der Waals surface area contributed by atoms with Gasteiger partial charge in [-0.15, -0.1) is 0 Å². The van der Waals surface area contributed by atoms with Crippen LogP contribution in [-0.4, -0.2) is 35.6 Å². The maximum Gasteiger partial charge on any atom is 0.0543 e. The van der Waals surface area contributed by atoms with Crippen LogP contribution in [0.25, 0.3) is 0 Å². The van der Waals surface area contributed by atoms with E-state index in [2.05, 4.69) is 41.2 Å². The molecule has 0 radical (unpaired) electrons. The second-order valence-corrected chi connectivity index (χ2v) is 5.43. The highest BCUT2D eigenvalue weighted by Crippen LogP contribution is 2.16. The zero-order chi connectivity index (χ0) is 12.8. The van der Waals surface area contributed by atoms with E-state index in [4.69, 9.17) is 0 Å². The molecule has 0 bridgehead atoms. The summed E-state index contributed by atoms with van der Waals surface area (Å²) >= 11 is 0. The first-order valence-electron chi connectivity index (χ1n) is 7.13. The normalized spacial score (nSPS) is 24.4. The van der Waals surface area contributed by atoms with Crippen molar-refractivity contribution in [2.75, 3.05) is 19.6 Å². The Hall–Kier alpha value is -0.930. The molecular weight excluding hydrogens is 222 g/mol. The largest absolute Gasteiger partial charge is 0.313 e. The molecule has 1 aromatic rings. The highest BCUT2D eigenvalue weighted by Gasteiger charge is 2.20. The number of rotatable bonds is 5. The Morgan fingerprint density at radius 2 is 2.33 bits per heavy atom. The van der Waals surface area contributed by atoms with Crippen LogP contribution in [0.3, 0.4) is 0 Å². The SMILES string of the molecule is CCN(Cc1ccccn1)CC1CC(C)CCN1. The third-order valence-corrected chi connectivity index (χ3v) is 3.79. The van der Waals surface area contributed by atoms with Gasteiger partial charge in [0.15, 0.2) is 0 Å². The van der Waals surface area contributed by atoms with Gasteiger partial charge >= 0.3 is 0 Å². The monoisotopic (exact) mass is 247 g/mol. The highest BCUT2D eigenvalue weighted by atomic mass is 15.2. The standard InChI is InChI=1S/C15H25N3/c1-3-18(11-14-6-4-5-8-16-14)12-15-10-13(2)7-9-17-15/h4-6,8,13,15,17H,3,7,9-12H2,1-2H3. The zero-order valence-corrected chi connectivity index (χ0v) is 11.6. The molecule has 1 fully saturated rings. The van der Waals surface area contributed by atoms with Gasteiger partial charge in [-0.1, -0.05) is 19.9 Å². The van der Waals surface area contributed by atoms with E-state index in [1.807, 2.05) is 12.3 Å². The van der Waals surface area contributed by atoms with Gasteiger partial charge in [-0.05, 0) is 44.0 Å². The lowest BCUT2D eigenvalue weighted by molar-refractivity contribution is 0.205. The summed E-state index contributed by atoms with van der Waals surface area (Å²) in [6.45, 7) is 8.95. The van der Waals surface area contributed by atoms with Crippen LogP contribution in [0.5, 0.6) is 0 Å². The molecule has 2 heterocycles. The first kappa shape index (κ1) is 13.5. The lowest BCUT2D eigenvalue weighted by Gasteiger charge is -2.32. The average Bonchev–Trinajstić information content (AvgIpc) is 2.39. The molecule has 2 rings (SSSR count). The predicted octanol–water partition coefficient (Wildman–Crippen LogP) is 2.29. The van der Waals surface area contributed by atoms with Crippen molar-refractivity contribution in [3.63, 3.8) is 0 Å². The number of hydrogen-bond acceptors (Lipinski definition) is 3. The summed E-state index contributed by atoms with van der Waals surface area (Å²) in [6.07, 6.45) is 4.51. The van der Waals surface area contributed by atoms with Crippen molar-refractivity contribution >= 4 is 0 Å². The van der Waals surface area contributed by atoms with E-state index in [0.717, 1.165) is 25.6 Å². The van der Waals surface area contributed by atoms with Gasteiger partial charge in [-0.2, -0.15) is 0 Å². The first-order valence-corrected chi connectivity index (χ1v) is 7.13. The molecule has 100 valence electrons. The fraction of sp³-hybridized carbons (Fsp3) is 0.667. The van der Waals surface area contributed by atoms with E-state index in [1.165, 1.54) is 25.1 Å². The summed E-state index contributed by atoms with van der Waals surface area (Å²) in [5, 5.41) is 3.64. The summed E-state index contributed by atoms with van der Waals surface area (Å²) < 4.78 is 0. The van der Waals surface area contributed by atoms with Crippen molar-refractivity contribution < 1.29 is 0 Å². The molecule has 1 saturated heterocycles. The number of nitrogens with one attached hydrogen (secondary N) is 1. The fourth-order valence-corrected chi connectivity index (χ4v) is 2.70. The third kappa shape index (κ3) is 4.07. The molecule has 3 nitrogen and oxygen atoms in total. The van der Waals surface area contributed by atoms with Crippen LogP contribution in [0.1, 0.15) is 32.4 Å². The predicted molar refractivity (Wildman–Crippen MR) is 75.4 cm³/mol. The van der Waals surface area contributed by atoms with Crippen LogP contribution in [0.4, 0.5) is 0 Å². The van der Waals surface area contributed by atoms with Crippen molar-refractivity contribution in [2.24, 2.45) is 5.92 Å². The summed E-state index contributed by atoms with van der Waals surface area (Å²) in [5.74, 6) is 0.866. The zero-order valence-electron chi connectivity index (χ0n) is 11.6. The molecule has 18 heavy (non-hydrogen) atoms. The van der Waals surface area contributed by atoms with E-state index in [-0.39, 0.29) is 0 Å². The Bertz CT molecular complexity index is 339. The molecule has 1 aliphatic rings. The Kier molecular flexibility index (Phi) is 5.14. The van der Waals surface area contributed by atoms with Gasteiger partial charge in [-0.25, -0.2) is 0 Å². The number of nitrogens with zero attached hydrogens (tertiary/aromatic N) is 2. The molecule has 1 aromatic heterocycles. The van der Waals surface area contributed by atoms with Gasteiger partial charge in [0.25, 0.3) is 0 Å². The second-order valence-electron chi connectivity index (χ2n) is 5.43. The van der Waals surface area contributed by atoms with Crippen molar-refractivity contribution in [3.05, 3.63) is 30.1 Å². The van der Waals surface area contributed by atoms with E-state index < -0.39 is 0 Å². The topological polar surface area (TPSA) is 28.2 Å².